The van der Waals surface area contributed by atoms with Crippen LogP contribution >= 0.6 is 22.6 Å². The third-order valence-corrected chi connectivity index (χ3v) is 3.28. The molecule has 0 aliphatic carbocycles. The Labute approximate surface area is 113 Å². The van der Waals surface area contributed by atoms with Crippen molar-refractivity contribution in [2.24, 2.45) is 0 Å². The van der Waals surface area contributed by atoms with Gasteiger partial charge in [-0.1, -0.05) is 6.07 Å². The highest BCUT2D eigenvalue weighted by molar-refractivity contribution is 14.1. The third kappa shape index (κ3) is 2.85. The van der Waals surface area contributed by atoms with Gasteiger partial charge in [-0.3, -0.25) is 4.79 Å². The number of benzene rings is 1. The first-order valence-corrected chi connectivity index (χ1v) is 6.22. The molecule has 0 bridgehead atoms. The molecule has 0 amide bonds. The van der Waals surface area contributed by atoms with E-state index in [9.17, 15) is 4.79 Å². The number of H-pyrrole nitrogens is 1. The molecule has 0 saturated carbocycles. The molecule has 17 heavy (non-hydrogen) atoms. The summed E-state index contributed by atoms with van der Waals surface area (Å²) in [6.45, 7) is 4.07. The number of nitrogens with zero attached hydrogens (tertiary/aromatic N) is 1. The fourth-order valence-corrected chi connectivity index (χ4v) is 2.08. The van der Waals surface area contributed by atoms with Crippen LogP contribution < -0.4 is 10.9 Å². The zero-order valence-electron chi connectivity index (χ0n) is 9.54. The number of hydrogen-bond acceptors (Lipinski definition) is 3. The molecule has 0 fully saturated rings. The van der Waals surface area contributed by atoms with E-state index in [1.807, 2.05) is 48.6 Å². The summed E-state index contributed by atoms with van der Waals surface area (Å²) in [5.41, 5.74) is 3.16. The standard InChI is InChI=1S/C12H12IN3O/c1-7-3-8(2)5-9(4-7)16-11-10(13)12(17)15-6-14-11/h3-6H,1-2H3,(H2,14,15,16,17). The lowest BCUT2D eigenvalue weighted by atomic mass is 10.1. The van der Waals surface area contributed by atoms with Crippen molar-refractivity contribution in [3.8, 4) is 0 Å². The van der Waals surface area contributed by atoms with Gasteiger partial charge in [0, 0.05) is 5.69 Å². The zero-order chi connectivity index (χ0) is 12.4. The molecule has 0 aliphatic heterocycles. The SMILES string of the molecule is Cc1cc(C)cc(Nc2nc[nH]c(=O)c2I)c1. The van der Waals surface area contributed by atoms with Crippen molar-refractivity contribution >= 4 is 34.1 Å². The second-order valence-corrected chi connectivity index (χ2v) is 4.97. The monoisotopic (exact) mass is 341 g/mol. The number of nitrogens with one attached hydrogen (secondary N) is 2. The molecule has 1 aromatic heterocycles. The lowest BCUT2D eigenvalue weighted by Crippen LogP contribution is -2.12. The van der Waals surface area contributed by atoms with Crippen LogP contribution in [0.1, 0.15) is 11.1 Å². The van der Waals surface area contributed by atoms with Crippen molar-refractivity contribution in [2.45, 2.75) is 13.8 Å². The lowest BCUT2D eigenvalue weighted by Gasteiger charge is -2.08. The summed E-state index contributed by atoms with van der Waals surface area (Å²) >= 11 is 1.98. The molecule has 0 radical (unpaired) electrons. The van der Waals surface area contributed by atoms with Gasteiger partial charge in [-0.15, -0.1) is 0 Å². The van der Waals surface area contributed by atoms with E-state index in [4.69, 9.17) is 0 Å². The predicted octanol–water partition coefficient (Wildman–Crippen LogP) is 2.73. The van der Waals surface area contributed by atoms with E-state index in [2.05, 4.69) is 21.4 Å². The molecule has 0 atom stereocenters. The molecule has 5 heteroatoms. The summed E-state index contributed by atoms with van der Waals surface area (Å²) in [6, 6.07) is 6.14. The summed E-state index contributed by atoms with van der Waals surface area (Å²) in [4.78, 5) is 18.1. The van der Waals surface area contributed by atoms with Gasteiger partial charge in [-0.2, -0.15) is 0 Å². The van der Waals surface area contributed by atoms with Crippen LogP contribution in [0.25, 0.3) is 0 Å². The average molecular weight is 341 g/mol. The summed E-state index contributed by atoms with van der Waals surface area (Å²) in [6.07, 6.45) is 1.40. The van der Waals surface area contributed by atoms with Gasteiger partial charge < -0.3 is 10.3 Å². The summed E-state index contributed by atoms with van der Waals surface area (Å²) < 4.78 is 0.559. The van der Waals surface area contributed by atoms with E-state index in [1.54, 1.807) is 0 Å². The molecule has 0 unspecified atom stereocenters. The van der Waals surface area contributed by atoms with Gasteiger partial charge in [-0.25, -0.2) is 4.98 Å². The van der Waals surface area contributed by atoms with Gasteiger partial charge in [0.25, 0.3) is 5.56 Å². The van der Waals surface area contributed by atoms with Gasteiger partial charge in [0.2, 0.25) is 0 Å². The maximum absolute atomic E-state index is 11.4. The Hall–Kier alpha value is -1.37. The van der Waals surface area contributed by atoms with Crippen LogP contribution in [0.3, 0.4) is 0 Å². The van der Waals surface area contributed by atoms with Crippen LogP contribution in [-0.4, -0.2) is 9.97 Å². The Balaban J connectivity index is 2.38. The molecule has 2 rings (SSSR count). The Morgan fingerprint density at radius 2 is 1.88 bits per heavy atom. The van der Waals surface area contributed by atoms with Crippen LogP contribution in [0.4, 0.5) is 11.5 Å². The average Bonchev–Trinajstić information content (AvgIpc) is 2.23. The van der Waals surface area contributed by atoms with Crippen LogP contribution in [0, 0.1) is 17.4 Å². The number of rotatable bonds is 2. The van der Waals surface area contributed by atoms with Crippen molar-refractivity contribution < 1.29 is 0 Å². The molecule has 88 valence electrons. The topological polar surface area (TPSA) is 57.8 Å². The summed E-state index contributed by atoms with van der Waals surface area (Å²) in [5.74, 6) is 0.583. The maximum atomic E-state index is 11.4. The first kappa shape index (κ1) is 12.1. The highest BCUT2D eigenvalue weighted by atomic mass is 127. The summed E-state index contributed by atoms with van der Waals surface area (Å²) in [7, 11) is 0. The van der Waals surface area contributed by atoms with E-state index in [0.717, 1.165) is 5.69 Å². The maximum Gasteiger partial charge on any atom is 0.266 e. The van der Waals surface area contributed by atoms with E-state index in [0.29, 0.717) is 9.39 Å². The normalized spacial score (nSPS) is 10.3. The minimum Gasteiger partial charge on any atom is -0.339 e. The van der Waals surface area contributed by atoms with Gasteiger partial charge in [0.05, 0.1) is 6.33 Å². The molecule has 2 aromatic rings. The first-order valence-electron chi connectivity index (χ1n) is 5.15. The third-order valence-electron chi connectivity index (χ3n) is 2.28. The van der Waals surface area contributed by atoms with Crippen molar-refractivity contribution in [1.29, 1.82) is 0 Å². The molecule has 1 heterocycles. The van der Waals surface area contributed by atoms with E-state index >= 15 is 0 Å². The Kier molecular flexibility index (Phi) is 3.46. The second kappa shape index (κ2) is 4.87. The lowest BCUT2D eigenvalue weighted by molar-refractivity contribution is 1.10. The van der Waals surface area contributed by atoms with Crippen molar-refractivity contribution in [1.82, 2.24) is 9.97 Å². The molecule has 1 aromatic carbocycles. The predicted molar refractivity (Wildman–Crippen MR) is 76.8 cm³/mol. The largest absolute Gasteiger partial charge is 0.339 e. The van der Waals surface area contributed by atoms with E-state index in [1.165, 1.54) is 17.5 Å². The Bertz CT molecular complexity index is 587. The fourth-order valence-electron chi connectivity index (χ4n) is 1.65. The number of aromatic amines is 1. The van der Waals surface area contributed by atoms with Crippen molar-refractivity contribution in [3.63, 3.8) is 0 Å². The Morgan fingerprint density at radius 3 is 2.53 bits per heavy atom. The zero-order valence-corrected chi connectivity index (χ0v) is 11.7. The van der Waals surface area contributed by atoms with Gasteiger partial charge in [-0.05, 0) is 59.7 Å². The van der Waals surface area contributed by atoms with Crippen LogP contribution in [0.15, 0.2) is 29.3 Å². The Morgan fingerprint density at radius 1 is 1.24 bits per heavy atom. The van der Waals surface area contributed by atoms with Crippen molar-refractivity contribution in [2.75, 3.05) is 5.32 Å². The fraction of sp³-hybridized carbons (Fsp3) is 0.167. The quantitative estimate of drug-likeness (QED) is 0.826. The van der Waals surface area contributed by atoms with Crippen LogP contribution in [0.2, 0.25) is 0 Å². The highest BCUT2D eigenvalue weighted by Crippen LogP contribution is 2.19. The van der Waals surface area contributed by atoms with E-state index < -0.39 is 0 Å². The number of halogens is 1. The molecule has 0 spiro atoms. The number of hydrogen-bond donors (Lipinski definition) is 2. The first-order chi connectivity index (χ1) is 8.06. The molecular formula is C12H12IN3O. The minimum atomic E-state index is -0.132. The molecule has 2 N–H and O–H groups in total. The summed E-state index contributed by atoms with van der Waals surface area (Å²) in [5, 5.41) is 3.16. The molecular weight excluding hydrogens is 329 g/mol. The minimum absolute atomic E-state index is 0.132. The van der Waals surface area contributed by atoms with Gasteiger partial charge >= 0.3 is 0 Å². The van der Waals surface area contributed by atoms with Crippen molar-refractivity contribution in [3.05, 3.63) is 49.6 Å². The van der Waals surface area contributed by atoms with Crippen LogP contribution in [0.5, 0.6) is 0 Å². The molecule has 0 aliphatic rings. The number of aryl methyl sites for hydroxylation is 2. The number of anilines is 2. The van der Waals surface area contributed by atoms with Crippen LogP contribution in [-0.2, 0) is 0 Å². The highest BCUT2D eigenvalue weighted by Gasteiger charge is 2.05. The number of aromatic nitrogens is 2. The molecule has 4 nitrogen and oxygen atoms in total. The smallest absolute Gasteiger partial charge is 0.266 e. The molecule has 0 saturated heterocycles. The van der Waals surface area contributed by atoms with Gasteiger partial charge in [0.15, 0.2) is 5.82 Å². The van der Waals surface area contributed by atoms with Gasteiger partial charge in [0.1, 0.15) is 3.57 Å². The second-order valence-electron chi connectivity index (χ2n) is 3.90. The van der Waals surface area contributed by atoms with E-state index in [-0.39, 0.29) is 5.56 Å².